The highest BCUT2D eigenvalue weighted by molar-refractivity contribution is 7.99. The Labute approximate surface area is 163 Å². The number of amides is 1. The first kappa shape index (κ1) is 19.4. The normalized spacial score (nSPS) is 14.4. The van der Waals surface area contributed by atoms with Crippen LogP contribution in [-0.4, -0.2) is 39.2 Å². The van der Waals surface area contributed by atoms with E-state index in [0.29, 0.717) is 35.6 Å². The number of para-hydroxylation sites is 1. The van der Waals surface area contributed by atoms with E-state index < -0.39 is 0 Å². The molecule has 0 bridgehead atoms. The van der Waals surface area contributed by atoms with E-state index in [1.807, 2.05) is 31.2 Å². The van der Waals surface area contributed by atoms with Gasteiger partial charge in [0.1, 0.15) is 0 Å². The van der Waals surface area contributed by atoms with E-state index in [9.17, 15) is 9.59 Å². The summed E-state index contributed by atoms with van der Waals surface area (Å²) >= 11 is 1.33. The number of carbonyl (C=O) groups excluding carboxylic acids is 1. The molecule has 0 unspecified atom stereocenters. The van der Waals surface area contributed by atoms with E-state index in [1.54, 1.807) is 9.47 Å². The van der Waals surface area contributed by atoms with Gasteiger partial charge in [0.25, 0.3) is 5.56 Å². The Balaban J connectivity index is 1.88. The van der Waals surface area contributed by atoms with Crippen LogP contribution in [0.1, 0.15) is 45.1 Å². The molecular weight excluding hydrogens is 360 g/mol. The molecule has 0 saturated heterocycles. The first-order valence-electron chi connectivity index (χ1n) is 9.44. The molecule has 1 aliphatic carbocycles. The summed E-state index contributed by atoms with van der Waals surface area (Å²) in [7, 11) is 0. The number of nitriles is 1. The van der Waals surface area contributed by atoms with Gasteiger partial charge in [-0.15, -0.1) is 0 Å². The number of thioether (sulfide) groups is 1. The van der Waals surface area contributed by atoms with Crippen molar-refractivity contribution in [3.05, 3.63) is 34.6 Å². The summed E-state index contributed by atoms with van der Waals surface area (Å²) in [5.74, 6) is 0.190. The zero-order chi connectivity index (χ0) is 19.2. The molecule has 2 aromatic rings. The smallest absolute Gasteiger partial charge is 0.262 e. The number of fused-ring (bicyclic) bond motifs is 1. The lowest BCUT2D eigenvalue weighted by Crippen LogP contribution is -2.33. The van der Waals surface area contributed by atoms with Crippen LogP contribution in [0.5, 0.6) is 0 Å². The summed E-state index contributed by atoms with van der Waals surface area (Å²) in [5.41, 5.74) is 0.655. The number of nitrogens with zero attached hydrogens (tertiary/aromatic N) is 4. The van der Waals surface area contributed by atoms with Gasteiger partial charge in [-0.2, -0.15) is 5.26 Å². The number of hydrogen-bond acceptors (Lipinski definition) is 5. The first-order chi connectivity index (χ1) is 13.2. The molecule has 0 aliphatic heterocycles. The Bertz CT molecular complexity index is 912. The lowest BCUT2D eigenvalue weighted by atomic mass is 10.2. The second-order valence-corrected chi connectivity index (χ2v) is 7.64. The van der Waals surface area contributed by atoms with Crippen LogP contribution in [0.3, 0.4) is 0 Å². The lowest BCUT2D eigenvalue weighted by Gasteiger charge is -2.21. The minimum absolute atomic E-state index is 0.0146. The summed E-state index contributed by atoms with van der Waals surface area (Å²) in [6.07, 6.45) is 4.51. The van der Waals surface area contributed by atoms with Gasteiger partial charge in [0, 0.05) is 19.1 Å². The van der Waals surface area contributed by atoms with Crippen LogP contribution in [-0.2, 0) is 4.79 Å². The third-order valence-electron chi connectivity index (χ3n) is 5.02. The monoisotopic (exact) mass is 384 g/mol. The summed E-state index contributed by atoms with van der Waals surface area (Å²) in [4.78, 5) is 32.0. The van der Waals surface area contributed by atoms with Crippen molar-refractivity contribution in [2.24, 2.45) is 0 Å². The van der Waals surface area contributed by atoms with Crippen molar-refractivity contribution in [2.45, 2.75) is 50.2 Å². The van der Waals surface area contributed by atoms with Gasteiger partial charge >= 0.3 is 0 Å². The quantitative estimate of drug-likeness (QED) is 0.540. The van der Waals surface area contributed by atoms with Crippen LogP contribution in [0.25, 0.3) is 10.9 Å². The Morgan fingerprint density at radius 2 is 2.11 bits per heavy atom. The third kappa shape index (κ3) is 4.33. The molecule has 27 heavy (non-hydrogen) atoms. The topological polar surface area (TPSA) is 79.0 Å². The number of carbonyl (C=O) groups is 1. The summed E-state index contributed by atoms with van der Waals surface area (Å²) in [6, 6.07) is 9.62. The molecule has 0 atom stereocenters. The molecule has 1 amide bonds. The van der Waals surface area contributed by atoms with Crippen molar-refractivity contribution in [1.29, 1.82) is 5.26 Å². The maximum Gasteiger partial charge on any atom is 0.262 e. The number of benzene rings is 1. The van der Waals surface area contributed by atoms with Gasteiger partial charge in [-0.1, -0.05) is 36.7 Å². The van der Waals surface area contributed by atoms with Crippen molar-refractivity contribution in [3.8, 4) is 6.07 Å². The van der Waals surface area contributed by atoms with E-state index in [0.717, 1.165) is 25.7 Å². The number of rotatable bonds is 7. The zero-order valence-electron chi connectivity index (χ0n) is 15.6. The third-order valence-corrected chi connectivity index (χ3v) is 5.96. The molecule has 142 valence electrons. The Morgan fingerprint density at radius 1 is 1.37 bits per heavy atom. The highest BCUT2D eigenvalue weighted by Gasteiger charge is 2.24. The van der Waals surface area contributed by atoms with Crippen LogP contribution < -0.4 is 5.56 Å². The van der Waals surface area contributed by atoms with Crippen LogP contribution in [0.15, 0.2) is 34.2 Å². The molecule has 0 spiro atoms. The van der Waals surface area contributed by atoms with Crippen LogP contribution in [0.4, 0.5) is 0 Å². The Hall–Kier alpha value is -2.33. The van der Waals surface area contributed by atoms with Gasteiger partial charge in [0.2, 0.25) is 5.91 Å². The first-order valence-corrected chi connectivity index (χ1v) is 10.4. The van der Waals surface area contributed by atoms with Crippen molar-refractivity contribution in [2.75, 3.05) is 18.8 Å². The van der Waals surface area contributed by atoms with Crippen molar-refractivity contribution in [3.63, 3.8) is 0 Å². The molecule has 3 rings (SSSR count). The molecule has 1 aromatic carbocycles. The number of aromatic nitrogens is 2. The molecule has 6 nitrogen and oxygen atoms in total. The minimum Gasteiger partial charge on any atom is -0.341 e. The fourth-order valence-corrected chi connectivity index (χ4v) is 4.54. The van der Waals surface area contributed by atoms with Gasteiger partial charge in [-0.3, -0.25) is 14.2 Å². The van der Waals surface area contributed by atoms with Crippen LogP contribution in [0.2, 0.25) is 0 Å². The standard InChI is InChI=1S/C20H24N4O2S/c1-2-23(13-7-12-21)18(25)14-27-20-22-17-11-6-5-10-16(17)19(26)24(20)15-8-3-4-9-15/h5-6,10-11,15H,2-4,7-9,13-14H2,1H3. The van der Waals surface area contributed by atoms with E-state index in [2.05, 4.69) is 6.07 Å². The Kier molecular flexibility index (Phi) is 6.51. The largest absolute Gasteiger partial charge is 0.341 e. The van der Waals surface area contributed by atoms with Gasteiger partial charge in [0.05, 0.1) is 29.1 Å². The average Bonchev–Trinajstić information content (AvgIpc) is 3.21. The molecule has 1 saturated carbocycles. The molecular formula is C20H24N4O2S. The fourth-order valence-electron chi connectivity index (χ4n) is 3.57. The van der Waals surface area contributed by atoms with E-state index in [1.165, 1.54) is 11.8 Å². The maximum atomic E-state index is 13.1. The van der Waals surface area contributed by atoms with Crippen molar-refractivity contribution >= 4 is 28.6 Å². The molecule has 1 aromatic heterocycles. The predicted molar refractivity (Wildman–Crippen MR) is 107 cm³/mol. The van der Waals surface area contributed by atoms with Crippen LogP contribution in [0, 0.1) is 11.3 Å². The van der Waals surface area contributed by atoms with Gasteiger partial charge < -0.3 is 4.90 Å². The summed E-state index contributed by atoms with van der Waals surface area (Å²) in [6.45, 7) is 2.91. The second kappa shape index (κ2) is 9.05. The van der Waals surface area contributed by atoms with Gasteiger partial charge in [-0.05, 0) is 31.9 Å². The molecule has 7 heteroatoms. The maximum absolute atomic E-state index is 13.1. The van der Waals surface area contributed by atoms with Crippen LogP contribution >= 0.6 is 11.8 Å². The van der Waals surface area contributed by atoms with E-state index in [-0.39, 0.29) is 23.3 Å². The summed E-state index contributed by atoms with van der Waals surface area (Å²) in [5, 5.41) is 10.00. The molecule has 0 radical (unpaired) electrons. The van der Waals surface area contributed by atoms with Gasteiger partial charge in [-0.25, -0.2) is 4.98 Å². The molecule has 0 N–H and O–H groups in total. The SMILES string of the molecule is CCN(CCC#N)C(=O)CSc1nc2ccccc2c(=O)n1C1CCCC1. The molecule has 1 fully saturated rings. The Morgan fingerprint density at radius 3 is 2.81 bits per heavy atom. The average molecular weight is 385 g/mol. The van der Waals surface area contributed by atoms with E-state index in [4.69, 9.17) is 10.2 Å². The fraction of sp³-hybridized carbons (Fsp3) is 0.500. The van der Waals surface area contributed by atoms with Crippen molar-refractivity contribution in [1.82, 2.24) is 14.5 Å². The highest BCUT2D eigenvalue weighted by Crippen LogP contribution is 2.32. The highest BCUT2D eigenvalue weighted by atomic mass is 32.2. The number of hydrogen-bond donors (Lipinski definition) is 0. The predicted octanol–water partition coefficient (Wildman–Crippen LogP) is 3.37. The van der Waals surface area contributed by atoms with Gasteiger partial charge in [0.15, 0.2) is 5.16 Å². The lowest BCUT2D eigenvalue weighted by molar-refractivity contribution is -0.128. The molecule has 1 heterocycles. The minimum atomic E-state index is -0.0295. The van der Waals surface area contributed by atoms with E-state index >= 15 is 0 Å². The summed E-state index contributed by atoms with van der Waals surface area (Å²) < 4.78 is 1.80. The zero-order valence-corrected chi connectivity index (χ0v) is 16.4. The molecule has 1 aliphatic rings. The van der Waals surface area contributed by atoms with Crippen molar-refractivity contribution < 1.29 is 4.79 Å². The second-order valence-electron chi connectivity index (χ2n) is 6.70.